The minimum Gasteiger partial charge on any atom is -0.478 e. The highest BCUT2D eigenvalue weighted by Gasteiger charge is 2.20. The fourth-order valence-corrected chi connectivity index (χ4v) is 3.76. The smallest absolute Gasteiger partial charge is 0.337 e. The predicted octanol–water partition coefficient (Wildman–Crippen LogP) is 3.08. The summed E-state index contributed by atoms with van der Waals surface area (Å²) in [6.07, 6.45) is 2.43. The highest BCUT2D eigenvalue weighted by Crippen LogP contribution is 2.21. The van der Waals surface area contributed by atoms with Gasteiger partial charge in [-0.2, -0.15) is 0 Å². The molecule has 0 amide bonds. The fraction of sp³-hybridized carbons (Fsp3) is 0.611. The van der Waals surface area contributed by atoms with Crippen molar-refractivity contribution in [2.24, 2.45) is 0 Å². The van der Waals surface area contributed by atoms with Gasteiger partial charge in [0.1, 0.15) is 0 Å². The number of carbonyl (C=O) groups is 1. The molecule has 1 aromatic carbocycles. The summed E-state index contributed by atoms with van der Waals surface area (Å²) < 4.78 is 32.9. The standard InChI is InChI=1S/C18H30N2O5S/c1-5-7-14(4)20-26(23,24)15-8-9-17(16(12-15)18(21)22)19-10-6-11-25-13(2)3/h8-9,12-14,19-20H,5-7,10-11H2,1-4H3,(H,21,22)/t14-/m0/s1. The summed E-state index contributed by atoms with van der Waals surface area (Å²) in [5.41, 5.74) is 0.323. The maximum absolute atomic E-state index is 12.4. The second-order valence-corrected chi connectivity index (χ2v) is 8.24. The van der Waals surface area contributed by atoms with Gasteiger partial charge in [0.05, 0.1) is 16.6 Å². The second kappa shape index (κ2) is 10.5. The van der Waals surface area contributed by atoms with Crippen LogP contribution in [-0.2, 0) is 14.8 Å². The SMILES string of the molecule is CCC[C@H](C)NS(=O)(=O)c1ccc(NCCCOC(C)C)c(C(=O)O)c1. The van der Waals surface area contributed by atoms with E-state index in [1.807, 2.05) is 20.8 Å². The molecule has 0 unspecified atom stereocenters. The highest BCUT2D eigenvalue weighted by molar-refractivity contribution is 7.89. The molecular weight excluding hydrogens is 356 g/mol. The van der Waals surface area contributed by atoms with Gasteiger partial charge in [-0.25, -0.2) is 17.9 Å². The first kappa shape index (κ1) is 22.4. The van der Waals surface area contributed by atoms with Crippen molar-refractivity contribution in [3.05, 3.63) is 23.8 Å². The van der Waals surface area contributed by atoms with Crippen LogP contribution < -0.4 is 10.0 Å². The number of sulfonamides is 1. The Morgan fingerprint density at radius 3 is 2.54 bits per heavy atom. The Hall–Kier alpha value is -1.64. The number of aromatic carboxylic acids is 1. The summed E-state index contributed by atoms with van der Waals surface area (Å²) >= 11 is 0. The van der Waals surface area contributed by atoms with E-state index in [-0.39, 0.29) is 22.6 Å². The van der Waals surface area contributed by atoms with Crippen LogP contribution in [0.25, 0.3) is 0 Å². The number of carboxylic acids is 1. The van der Waals surface area contributed by atoms with E-state index in [4.69, 9.17) is 4.74 Å². The lowest BCUT2D eigenvalue weighted by atomic mass is 10.2. The Bertz CT molecular complexity index is 689. The van der Waals surface area contributed by atoms with Crippen molar-refractivity contribution < 1.29 is 23.1 Å². The number of hydrogen-bond acceptors (Lipinski definition) is 5. The third-order valence-corrected chi connectivity index (χ3v) is 5.28. The van der Waals surface area contributed by atoms with Gasteiger partial charge in [0.25, 0.3) is 0 Å². The zero-order chi connectivity index (χ0) is 19.7. The van der Waals surface area contributed by atoms with E-state index in [0.717, 1.165) is 6.42 Å². The van der Waals surface area contributed by atoms with E-state index in [9.17, 15) is 18.3 Å². The van der Waals surface area contributed by atoms with E-state index in [0.29, 0.717) is 31.7 Å². The van der Waals surface area contributed by atoms with Crippen LogP contribution in [-0.4, -0.2) is 44.8 Å². The maximum Gasteiger partial charge on any atom is 0.337 e. The maximum atomic E-state index is 12.4. The third kappa shape index (κ3) is 7.31. The van der Waals surface area contributed by atoms with Gasteiger partial charge in [0.2, 0.25) is 10.0 Å². The van der Waals surface area contributed by atoms with Crippen LogP contribution in [0.4, 0.5) is 5.69 Å². The van der Waals surface area contributed by atoms with Gasteiger partial charge in [-0.05, 0) is 51.8 Å². The molecule has 0 aliphatic heterocycles. The molecule has 26 heavy (non-hydrogen) atoms. The first-order chi connectivity index (χ1) is 12.2. The largest absolute Gasteiger partial charge is 0.478 e. The minimum atomic E-state index is -3.75. The lowest BCUT2D eigenvalue weighted by Crippen LogP contribution is -2.32. The van der Waals surface area contributed by atoms with E-state index >= 15 is 0 Å². The monoisotopic (exact) mass is 386 g/mol. The van der Waals surface area contributed by atoms with Gasteiger partial charge >= 0.3 is 5.97 Å². The van der Waals surface area contributed by atoms with Crippen molar-refractivity contribution >= 4 is 21.7 Å². The molecule has 3 N–H and O–H groups in total. The van der Waals surface area contributed by atoms with E-state index < -0.39 is 16.0 Å². The summed E-state index contributed by atoms with van der Waals surface area (Å²) in [5.74, 6) is -1.18. The number of benzene rings is 1. The Kier molecular flexibility index (Phi) is 9.04. The molecule has 0 heterocycles. The van der Waals surface area contributed by atoms with Crippen molar-refractivity contribution in [3.63, 3.8) is 0 Å². The lowest BCUT2D eigenvalue weighted by Gasteiger charge is -2.15. The number of hydrogen-bond donors (Lipinski definition) is 3. The van der Waals surface area contributed by atoms with Crippen molar-refractivity contribution in [1.29, 1.82) is 0 Å². The van der Waals surface area contributed by atoms with Crippen LogP contribution >= 0.6 is 0 Å². The predicted molar refractivity (Wildman–Crippen MR) is 102 cm³/mol. The van der Waals surface area contributed by atoms with Crippen LogP contribution in [0.2, 0.25) is 0 Å². The quantitative estimate of drug-likeness (QED) is 0.477. The molecule has 148 valence electrons. The molecule has 0 bridgehead atoms. The zero-order valence-electron chi connectivity index (χ0n) is 15.9. The van der Waals surface area contributed by atoms with Gasteiger partial charge in [0, 0.05) is 24.9 Å². The number of anilines is 1. The Balaban J connectivity index is 2.86. The molecule has 0 aliphatic carbocycles. The van der Waals surface area contributed by atoms with Gasteiger partial charge in [-0.15, -0.1) is 0 Å². The van der Waals surface area contributed by atoms with Gasteiger partial charge in [0.15, 0.2) is 0 Å². The molecule has 0 spiro atoms. The average Bonchev–Trinajstić information content (AvgIpc) is 2.53. The molecule has 0 radical (unpaired) electrons. The summed E-state index contributed by atoms with van der Waals surface area (Å²) in [6, 6.07) is 3.89. The van der Waals surface area contributed by atoms with Crippen LogP contribution in [0.3, 0.4) is 0 Å². The van der Waals surface area contributed by atoms with Crippen LogP contribution in [0.15, 0.2) is 23.1 Å². The first-order valence-electron chi connectivity index (χ1n) is 8.92. The minimum absolute atomic E-state index is 0.0495. The van der Waals surface area contributed by atoms with E-state index in [2.05, 4.69) is 10.0 Å². The van der Waals surface area contributed by atoms with Gasteiger partial charge in [-0.1, -0.05) is 13.3 Å². The molecule has 7 nitrogen and oxygen atoms in total. The van der Waals surface area contributed by atoms with Crippen molar-refractivity contribution in [1.82, 2.24) is 4.72 Å². The molecular formula is C18H30N2O5S. The van der Waals surface area contributed by atoms with Crippen LogP contribution in [0.5, 0.6) is 0 Å². The average molecular weight is 387 g/mol. The summed E-state index contributed by atoms with van der Waals surface area (Å²) in [6.45, 7) is 8.76. The molecule has 1 rings (SSSR count). The molecule has 0 aromatic heterocycles. The summed E-state index contributed by atoms with van der Waals surface area (Å²) in [5, 5.41) is 12.4. The number of carboxylic acid groups (broad SMARTS) is 1. The third-order valence-electron chi connectivity index (χ3n) is 3.70. The first-order valence-corrected chi connectivity index (χ1v) is 10.4. The van der Waals surface area contributed by atoms with Crippen molar-refractivity contribution in [2.75, 3.05) is 18.5 Å². The van der Waals surface area contributed by atoms with E-state index in [1.54, 1.807) is 6.92 Å². The molecule has 1 atom stereocenters. The van der Waals surface area contributed by atoms with Crippen molar-refractivity contribution in [2.45, 2.75) is 64.0 Å². The molecule has 8 heteroatoms. The number of ether oxygens (including phenoxy) is 1. The molecule has 0 saturated carbocycles. The van der Waals surface area contributed by atoms with Crippen LogP contribution in [0.1, 0.15) is 57.3 Å². The Morgan fingerprint density at radius 1 is 1.27 bits per heavy atom. The normalized spacial score (nSPS) is 13.0. The summed E-state index contributed by atoms with van der Waals surface area (Å²) in [4.78, 5) is 11.5. The van der Waals surface area contributed by atoms with Gasteiger partial charge < -0.3 is 15.2 Å². The Labute approximate surface area is 156 Å². The summed E-state index contributed by atoms with van der Waals surface area (Å²) in [7, 11) is -3.75. The lowest BCUT2D eigenvalue weighted by molar-refractivity contribution is 0.0697. The number of rotatable bonds is 12. The Morgan fingerprint density at radius 2 is 1.96 bits per heavy atom. The molecule has 0 aliphatic rings. The molecule has 0 fully saturated rings. The highest BCUT2D eigenvalue weighted by atomic mass is 32.2. The molecule has 1 aromatic rings. The second-order valence-electron chi connectivity index (χ2n) is 6.52. The molecule has 0 saturated heterocycles. The topological polar surface area (TPSA) is 105 Å². The van der Waals surface area contributed by atoms with Crippen LogP contribution in [0, 0.1) is 0 Å². The zero-order valence-corrected chi connectivity index (χ0v) is 16.7. The van der Waals surface area contributed by atoms with Gasteiger partial charge in [-0.3, -0.25) is 0 Å². The number of nitrogens with one attached hydrogen (secondary N) is 2. The van der Waals surface area contributed by atoms with E-state index in [1.165, 1.54) is 18.2 Å². The fourth-order valence-electron chi connectivity index (χ4n) is 2.46. The van der Waals surface area contributed by atoms with Crippen molar-refractivity contribution in [3.8, 4) is 0 Å².